The van der Waals surface area contributed by atoms with Crippen molar-refractivity contribution < 1.29 is 13.6 Å². The van der Waals surface area contributed by atoms with Crippen LogP contribution in [0, 0.1) is 18.6 Å². The number of hydrogen-bond donors (Lipinski definition) is 2. The molecule has 162 valence electrons. The number of halogens is 2. The van der Waals surface area contributed by atoms with Crippen LogP contribution in [0.2, 0.25) is 0 Å². The number of benzene rings is 1. The minimum atomic E-state index is -0.880. The van der Waals surface area contributed by atoms with Crippen molar-refractivity contribution in [3.8, 4) is 11.5 Å². The fourth-order valence-electron chi connectivity index (χ4n) is 3.89. The summed E-state index contributed by atoms with van der Waals surface area (Å²) >= 11 is 0. The van der Waals surface area contributed by atoms with E-state index in [1.54, 1.807) is 32.0 Å². The Morgan fingerprint density at radius 2 is 1.88 bits per heavy atom. The summed E-state index contributed by atoms with van der Waals surface area (Å²) < 4.78 is 30.1. The lowest BCUT2D eigenvalue weighted by Crippen LogP contribution is -2.27. The molecule has 0 atom stereocenters. The number of fused-ring (bicyclic) bond motifs is 2. The lowest BCUT2D eigenvalue weighted by Gasteiger charge is -2.15. The number of aromatic nitrogens is 5. The maximum Gasteiger partial charge on any atom is 0.235 e. The first kappa shape index (κ1) is 20.0. The Bertz CT molecular complexity index is 1430. The molecule has 10 heteroatoms. The number of nitrogens with two attached hydrogens (primary N) is 1. The normalized spacial score (nSPS) is 14.6. The van der Waals surface area contributed by atoms with Crippen LogP contribution in [0.3, 0.4) is 0 Å². The Balaban J connectivity index is 1.71. The van der Waals surface area contributed by atoms with Gasteiger partial charge in [-0.3, -0.25) is 4.79 Å². The molecule has 0 aliphatic carbocycles. The summed E-state index contributed by atoms with van der Waals surface area (Å²) in [5.41, 5.74) is 6.97. The fourth-order valence-corrected chi connectivity index (χ4v) is 3.89. The van der Waals surface area contributed by atoms with Gasteiger partial charge in [-0.15, -0.1) is 0 Å². The smallest absolute Gasteiger partial charge is 0.235 e. The Labute approximate surface area is 181 Å². The van der Waals surface area contributed by atoms with Crippen molar-refractivity contribution >= 4 is 28.6 Å². The summed E-state index contributed by atoms with van der Waals surface area (Å²) in [5.74, 6) is -0.622. The van der Waals surface area contributed by atoms with Gasteiger partial charge in [0.25, 0.3) is 0 Å². The highest BCUT2D eigenvalue weighted by Crippen LogP contribution is 2.40. The van der Waals surface area contributed by atoms with E-state index in [9.17, 15) is 13.6 Å². The number of pyridine rings is 1. The number of nitrogens with one attached hydrogen (secondary N) is 1. The molecule has 0 saturated carbocycles. The standard InChI is InChI=1S/C22H19F2N7O/c1-10-14(24)8-12-16(19-27-17(25)15-18(28-19)29-21(32)22(15,2)3)30-31(20(12)26-10)9-11-6-4-5-7-13(11)23/h4-8H,9H2,1-3H3,(H3,25,27,28,29,32). The zero-order valence-corrected chi connectivity index (χ0v) is 17.6. The highest BCUT2D eigenvalue weighted by molar-refractivity contribution is 6.06. The van der Waals surface area contributed by atoms with Crippen LogP contribution >= 0.6 is 0 Å². The van der Waals surface area contributed by atoms with Crippen LogP contribution in [-0.2, 0) is 16.8 Å². The number of hydrogen-bond acceptors (Lipinski definition) is 6. The average Bonchev–Trinajstić information content (AvgIpc) is 3.18. The molecular formula is C22H19F2N7O. The summed E-state index contributed by atoms with van der Waals surface area (Å²) in [7, 11) is 0. The van der Waals surface area contributed by atoms with Gasteiger partial charge < -0.3 is 11.1 Å². The number of nitrogens with zero attached hydrogens (tertiary/aromatic N) is 5. The molecule has 0 fully saturated rings. The first-order valence-corrected chi connectivity index (χ1v) is 9.93. The van der Waals surface area contributed by atoms with Gasteiger partial charge in [0.2, 0.25) is 5.91 Å². The minimum Gasteiger partial charge on any atom is -0.383 e. The van der Waals surface area contributed by atoms with Gasteiger partial charge in [0.1, 0.15) is 29.0 Å². The number of carbonyl (C=O) groups excluding carboxylic acids is 1. The predicted molar refractivity (Wildman–Crippen MR) is 115 cm³/mol. The predicted octanol–water partition coefficient (Wildman–Crippen LogP) is 3.34. The monoisotopic (exact) mass is 435 g/mol. The molecule has 0 radical (unpaired) electrons. The number of rotatable bonds is 3. The van der Waals surface area contributed by atoms with Gasteiger partial charge in [-0.2, -0.15) is 5.10 Å². The molecule has 32 heavy (non-hydrogen) atoms. The van der Waals surface area contributed by atoms with Gasteiger partial charge in [-0.1, -0.05) is 18.2 Å². The summed E-state index contributed by atoms with van der Waals surface area (Å²) in [6, 6.07) is 7.61. The van der Waals surface area contributed by atoms with Crippen molar-refractivity contribution in [2.75, 3.05) is 11.1 Å². The van der Waals surface area contributed by atoms with E-state index >= 15 is 0 Å². The molecule has 4 heterocycles. The lowest BCUT2D eigenvalue weighted by atomic mass is 9.87. The van der Waals surface area contributed by atoms with Crippen LogP contribution in [0.1, 0.15) is 30.7 Å². The number of anilines is 2. The Kier molecular flexibility index (Phi) is 4.23. The summed E-state index contributed by atoms with van der Waals surface area (Å²) in [6.45, 7) is 5.07. The molecule has 5 rings (SSSR count). The molecule has 3 aromatic heterocycles. The average molecular weight is 435 g/mol. The Hall–Kier alpha value is -3.95. The molecule has 3 N–H and O–H groups in total. The minimum absolute atomic E-state index is 0.0748. The third-order valence-corrected chi connectivity index (χ3v) is 5.70. The van der Waals surface area contributed by atoms with Crippen LogP contribution in [0.15, 0.2) is 30.3 Å². The van der Waals surface area contributed by atoms with Gasteiger partial charge in [0.05, 0.1) is 28.6 Å². The van der Waals surface area contributed by atoms with E-state index in [-0.39, 0.29) is 41.3 Å². The van der Waals surface area contributed by atoms with Crippen LogP contribution < -0.4 is 11.1 Å². The Morgan fingerprint density at radius 1 is 1.12 bits per heavy atom. The summed E-state index contributed by atoms with van der Waals surface area (Å²) in [5, 5.41) is 7.60. The summed E-state index contributed by atoms with van der Waals surface area (Å²) in [6.07, 6.45) is 0. The molecule has 4 aromatic rings. The molecule has 1 aromatic carbocycles. The van der Waals surface area contributed by atoms with Gasteiger partial charge in [-0.05, 0) is 32.9 Å². The topological polar surface area (TPSA) is 112 Å². The van der Waals surface area contributed by atoms with Crippen molar-refractivity contribution in [1.29, 1.82) is 0 Å². The number of amides is 1. The molecule has 1 amide bonds. The molecule has 1 aliphatic heterocycles. The molecular weight excluding hydrogens is 416 g/mol. The van der Waals surface area contributed by atoms with Crippen LogP contribution in [0.25, 0.3) is 22.6 Å². The van der Waals surface area contributed by atoms with Gasteiger partial charge in [0, 0.05) is 5.56 Å². The van der Waals surface area contributed by atoms with Crippen molar-refractivity contribution in [3.63, 3.8) is 0 Å². The van der Waals surface area contributed by atoms with Gasteiger partial charge >= 0.3 is 0 Å². The SMILES string of the molecule is Cc1nc2c(cc1F)c(-c1nc(N)c3c(n1)NC(=O)C3(C)C)nn2Cc1ccccc1F. The van der Waals surface area contributed by atoms with Gasteiger partial charge in [0.15, 0.2) is 11.5 Å². The molecule has 0 spiro atoms. The Morgan fingerprint density at radius 3 is 2.62 bits per heavy atom. The van der Waals surface area contributed by atoms with E-state index in [4.69, 9.17) is 5.73 Å². The van der Waals surface area contributed by atoms with Crippen molar-refractivity contribution in [3.05, 3.63) is 58.8 Å². The highest BCUT2D eigenvalue weighted by Gasteiger charge is 2.42. The second kappa shape index (κ2) is 6.78. The number of carbonyl (C=O) groups is 1. The third kappa shape index (κ3) is 2.90. The highest BCUT2D eigenvalue weighted by atomic mass is 19.1. The quantitative estimate of drug-likeness (QED) is 0.511. The second-order valence-corrected chi connectivity index (χ2v) is 8.26. The van der Waals surface area contributed by atoms with Crippen LogP contribution in [0.4, 0.5) is 20.4 Å². The van der Waals surface area contributed by atoms with Crippen LogP contribution in [-0.4, -0.2) is 30.6 Å². The molecule has 0 bridgehead atoms. The van der Waals surface area contributed by atoms with Crippen molar-refractivity contribution in [1.82, 2.24) is 24.7 Å². The zero-order chi connectivity index (χ0) is 22.8. The maximum atomic E-state index is 14.4. The number of nitrogen functional groups attached to an aromatic ring is 1. The third-order valence-electron chi connectivity index (χ3n) is 5.70. The largest absolute Gasteiger partial charge is 0.383 e. The maximum absolute atomic E-state index is 14.4. The molecule has 0 saturated heterocycles. The van der Waals surface area contributed by atoms with E-state index in [1.807, 2.05) is 0 Å². The molecule has 0 unspecified atom stereocenters. The first-order valence-electron chi connectivity index (χ1n) is 9.93. The lowest BCUT2D eigenvalue weighted by molar-refractivity contribution is -0.119. The first-order chi connectivity index (χ1) is 15.2. The molecule has 1 aliphatic rings. The van der Waals surface area contributed by atoms with E-state index in [2.05, 4.69) is 25.4 Å². The zero-order valence-electron chi connectivity index (χ0n) is 17.6. The number of aryl methyl sites for hydroxylation is 1. The van der Waals surface area contributed by atoms with Crippen LogP contribution in [0.5, 0.6) is 0 Å². The fraction of sp³-hybridized carbons (Fsp3) is 0.227. The van der Waals surface area contributed by atoms with Crippen molar-refractivity contribution in [2.45, 2.75) is 32.7 Å². The van der Waals surface area contributed by atoms with E-state index in [0.29, 0.717) is 28.0 Å². The summed E-state index contributed by atoms with van der Waals surface area (Å²) in [4.78, 5) is 25.5. The van der Waals surface area contributed by atoms with Crippen molar-refractivity contribution in [2.24, 2.45) is 0 Å². The second-order valence-electron chi connectivity index (χ2n) is 8.26. The van der Waals surface area contributed by atoms with E-state index in [0.717, 1.165) is 0 Å². The van der Waals surface area contributed by atoms with E-state index in [1.165, 1.54) is 23.7 Å². The molecule has 8 nitrogen and oxygen atoms in total. The van der Waals surface area contributed by atoms with Gasteiger partial charge in [-0.25, -0.2) is 28.4 Å². The van der Waals surface area contributed by atoms with E-state index < -0.39 is 11.2 Å².